The number of benzene rings is 3. The zero-order valence-electron chi connectivity index (χ0n) is 19.8. The Balaban J connectivity index is 1.99. The van der Waals surface area contributed by atoms with Gasteiger partial charge < -0.3 is 26.0 Å². The van der Waals surface area contributed by atoms with Crippen molar-refractivity contribution in [1.82, 2.24) is 9.80 Å². The van der Waals surface area contributed by atoms with Crippen LogP contribution in [-0.4, -0.2) is 56.0 Å². The van der Waals surface area contributed by atoms with Gasteiger partial charge in [-0.25, -0.2) is 4.79 Å². The van der Waals surface area contributed by atoms with Gasteiger partial charge in [-0.3, -0.25) is 9.69 Å². The van der Waals surface area contributed by atoms with Gasteiger partial charge in [0.2, 0.25) is 5.91 Å². The van der Waals surface area contributed by atoms with Crippen molar-refractivity contribution in [3.8, 4) is 5.75 Å². The number of rotatable bonds is 9. The monoisotopic (exact) mass is 461 g/mol. The van der Waals surface area contributed by atoms with Crippen molar-refractivity contribution in [2.24, 2.45) is 5.73 Å². The maximum Gasteiger partial charge on any atom is 0.329 e. The van der Waals surface area contributed by atoms with Crippen LogP contribution in [0.15, 0.2) is 72.8 Å². The second kappa shape index (κ2) is 11.2. The lowest BCUT2D eigenvalue weighted by molar-refractivity contribution is 0.1000. The highest BCUT2D eigenvalue weighted by Gasteiger charge is 2.26. The van der Waals surface area contributed by atoms with Gasteiger partial charge >= 0.3 is 6.03 Å². The summed E-state index contributed by atoms with van der Waals surface area (Å²) in [6.45, 7) is 1.51. The number of carbonyl (C=O) groups excluding carboxylic acids is 2. The molecule has 3 rings (SSSR count). The smallest absolute Gasteiger partial charge is 0.329 e. The molecule has 34 heavy (non-hydrogen) atoms. The number of nitrogen functional groups attached to an aromatic ring is 1. The summed E-state index contributed by atoms with van der Waals surface area (Å²) < 4.78 is 5.28. The molecule has 178 valence electrons. The molecule has 4 N–H and O–H groups in total. The van der Waals surface area contributed by atoms with Gasteiger partial charge in [-0.15, -0.1) is 0 Å². The van der Waals surface area contributed by atoms with Gasteiger partial charge in [0.25, 0.3) is 0 Å². The van der Waals surface area contributed by atoms with E-state index in [1.54, 1.807) is 35.1 Å². The predicted molar refractivity (Wildman–Crippen MR) is 135 cm³/mol. The van der Waals surface area contributed by atoms with Crippen molar-refractivity contribution < 1.29 is 14.3 Å². The molecule has 0 saturated carbocycles. The number of hydrogen-bond acceptors (Lipinski definition) is 5. The van der Waals surface area contributed by atoms with Gasteiger partial charge in [-0.05, 0) is 68.2 Å². The number of methoxy groups -OCH3 is 1. The van der Waals surface area contributed by atoms with Crippen LogP contribution in [0.5, 0.6) is 5.75 Å². The van der Waals surface area contributed by atoms with Gasteiger partial charge in [0, 0.05) is 25.2 Å². The third-order valence-electron chi connectivity index (χ3n) is 5.40. The Hall–Kier alpha value is -4.04. The number of para-hydroxylation sites is 2. The second-order valence-electron chi connectivity index (χ2n) is 8.16. The number of carbonyl (C=O) groups is 2. The summed E-state index contributed by atoms with van der Waals surface area (Å²) in [5.41, 5.74) is 14.7. The zero-order chi connectivity index (χ0) is 24.7. The van der Waals surface area contributed by atoms with Crippen molar-refractivity contribution in [3.63, 3.8) is 0 Å². The first-order valence-electron chi connectivity index (χ1n) is 10.9. The minimum absolute atomic E-state index is 0.219. The molecule has 3 aromatic rings. The van der Waals surface area contributed by atoms with Crippen LogP contribution >= 0.6 is 0 Å². The molecule has 0 aliphatic heterocycles. The molecule has 0 atom stereocenters. The Labute approximate surface area is 200 Å². The van der Waals surface area contributed by atoms with Gasteiger partial charge in [-0.1, -0.05) is 24.3 Å². The first kappa shape index (κ1) is 24.6. The van der Waals surface area contributed by atoms with E-state index in [9.17, 15) is 9.59 Å². The molecule has 0 aromatic heterocycles. The molecule has 8 nitrogen and oxygen atoms in total. The molecule has 0 fully saturated rings. The highest BCUT2D eigenvalue weighted by atomic mass is 16.5. The van der Waals surface area contributed by atoms with Gasteiger partial charge in [0.1, 0.15) is 5.75 Å². The van der Waals surface area contributed by atoms with Crippen molar-refractivity contribution >= 4 is 29.0 Å². The molecule has 3 amide bonds. The summed E-state index contributed by atoms with van der Waals surface area (Å²) in [6.07, 6.45) is 0. The number of nitrogens with zero attached hydrogens (tertiary/aromatic N) is 3. The number of likely N-dealkylation sites (N-methyl/N-ethyl adjacent to an activating group) is 1. The fourth-order valence-electron chi connectivity index (χ4n) is 3.47. The lowest BCUT2D eigenvalue weighted by Gasteiger charge is -2.32. The summed E-state index contributed by atoms with van der Waals surface area (Å²) in [4.78, 5) is 30.8. The lowest BCUT2D eigenvalue weighted by atomic mass is 10.1. The largest absolute Gasteiger partial charge is 0.497 e. The van der Waals surface area contributed by atoms with E-state index in [4.69, 9.17) is 16.2 Å². The Morgan fingerprint density at radius 2 is 1.53 bits per heavy atom. The normalized spacial score (nSPS) is 10.7. The predicted octanol–water partition coefficient (Wildman–Crippen LogP) is 3.70. The van der Waals surface area contributed by atoms with Crippen LogP contribution in [0.2, 0.25) is 0 Å². The van der Waals surface area contributed by atoms with Crippen LogP contribution in [0.25, 0.3) is 0 Å². The highest BCUT2D eigenvalue weighted by molar-refractivity contribution is 6.02. The van der Waals surface area contributed by atoms with E-state index in [2.05, 4.69) is 0 Å². The highest BCUT2D eigenvalue weighted by Crippen LogP contribution is 2.33. The van der Waals surface area contributed by atoms with Gasteiger partial charge in [-0.2, -0.15) is 0 Å². The number of anilines is 3. The van der Waals surface area contributed by atoms with E-state index < -0.39 is 5.91 Å². The maximum atomic E-state index is 14.0. The van der Waals surface area contributed by atoms with Crippen LogP contribution in [0.3, 0.4) is 0 Å². The molecule has 0 saturated heterocycles. The summed E-state index contributed by atoms with van der Waals surface area (Å²) in [6, 6.07) is 21.3. The standard InChI is InChI=1S/C26H31N5O3/c1-29(2)16-17-30(18-19-8-10-20(11-9-19)25(28)32)26(33)31(24-7-5-4-6-23(24)27)21-12-14-22(34-3)15-13-21/h4-15H,16-18,27H2,1-3H3,(H2,28,32). The molecule has 0 spiro atoms. The fourth-order valence-corrected chi connectivity index (χ4v) is 3.47. The molecule has 3 aromatic carbocycles. The van der Waals surface area contributed by atoms with Crippen molar-refractivity contribution in [2.75, 3.05) is 44.9 Å². The number of ether oxygens (including phenoxy) is 1. The van der Waals surface area contributed by atoms with Gasteiger partial charge in [0.15, 0.2) is 0 Å². The molecule has 0 radical (unpaired) electrons. The SMILES string of the molecule is COc1ccc(N(C(=O)N(CCN(C)C)Cc2ccc(C(N)=O)cc2)c2ccccc2N)cc1. The molecule has 0 aliphatic carbocycles. The minimum atomic E-state index is -0.489. The number of hydrogen-bond donors (Lipinski definition) is 2. The molecular weight excluding hydrogens is 430 g/mol. The van der Waals surface area contributed by atoms with E-state index in [0.717, 1.165) is 5.56 Å². The maximum absolute atomic E-state index is 14.0. The average Bonchev–Trinajstić information content (AvgIpc) is 2.83. The van der Waals surface area contributed by atoms with Crippen molar-refractivity contribution in [1.29, 1.82) is 0 Å². The Bertz CT molecular complexity index is 1110. The van der Waals surface area contributed by atoms with E-state index in [0.29, 0.717) is 48.0 Å². The van der Waals surface area contributed by atoms with Crippen LogP contribution in [0.4, 0.5) is 21.9 Å². The molecule has 0 aliphatic rings. The summed E-state index contributed by atoms with van der Waals surface area (Å²) in [5, 5.41) is 0. The van der Waals surface area contributed by atoms with Gasteiger partial charge in [0.05, 0.1) is 24.2 Å². The number of primary amides is 1. The summed E-state index contributed by atoms with van der Waals surface area (Å²) in [5.74, 6) is 0.202. The third-order valence-corrected chi connectivity index (χ3v) is 5.40. The van der Waals surface area contributed by atoms with E-state index in [1.165, 1.54) is 0 Å². The number of urea groups is 1. The van der Waals surface area contributed by atoms with Crippen LogP contribution in [0, 0.1) is 0 Å². The molecular formula is C26H31N5O3. The number of amides is 3. The molecule has 0 heterocycles. The first-order valence-corrected chi connectivity index (χ1v) is 10.9. The van der Waals surface area contributed by atoms with E-state index in [-0.39, 0.29) is 6.03 Å². The minimum Gasteiger partial charge on any atom is -0.497 e. The molecule has 0 bridgehead atoms. The topological polar surface area (TPSA) is 105 Å². The zero-order valence-corrected chi connectivity index (χ0v) is 19.8. The second-order valence-corrected chi connectivity index (χ2v) is 8.16. The third kappa shape index (κ3) is 6.05. The van der Waals surface area contributed by atoms with Crippen molar-refractivity contribution in [2.45, 2.75) is 6.54 Å². The Kier molecular flexibility index (Phi) is 8.10. The Morgan fingerprint density at radius 3 is 2.09 bits per heavy atom. The van der Waals surface area contributed by atoms with E-state index in [1.807, 2.05) is 73.6 Å². The lowest BCUT2D eigenvalue weighted by Crippen LogP contribution is -2.43. The number of nitrogens with two attached hydrogens (primary N) is 2. The fraction of sp³-hybridized carbons (Fsp3) is 0.231. The Morgan fingerprint density at radius 1 is 0.882 bits per heavy atom. The van der Waals surface area contributed by atoms with Crippen LogP contribution in [0.1, 0.15) is 15.9 Å². The summed E-state index contributed by atoms with van der Waals surface area (Å²) in [7, 11) is 5.51. The molecule has 0 unspecified atom stereocenters. The summed E-state index contributed by atoms with van der Waals surface area (Å²) >= 11 is 0. The molecule has 8 heteroatoms. The quantitative estimate of drug-likeness (QED) is 0.473. The van der Waals surface area contributed by atoms with Crippen LogP contribution in [-0.2, 0) is 6.54 Å². The average molecular weight is 462 g/mol. The van der Waals surface area contributed by atoms with Crippen molar-refractivity contribution in [3.05, 3.63) is 83.9 Å². The van der Waals surface area contributed by atoms with E-state index >= 15 is 0 Å². The van der Waals surface area contributed by atoms with Crippen LogP contribution < -0.4 is 21.1 Å². The first-order chi connectivity index (χ1) is 16.3.